The van der Waals surface area contributed by atoms with E-state index in [0.717, 1.165) is 0 Å². The Morgan fingerprint density at radius 1 is 1.19 bits per heavy atom. The number of rotatable bonds is 7. The fourth-order valence-corrected chi connectivity index (χ4v) is 2.29. The van der Waals surface area contributed by atoms with Crippen LogP contribution in [0, 0.1) is 5.92 Å². The number of amides is 5. The average molecular weight is 362 g/mol. The Morgan fingerprint density at radius 3 is 2.50 bits per heavy atom. The van der Waals surface area contributed by atoms with Crippen LogP contribution in [0.25, 0.3) is 0 Å². The number of urea groups is 1. The first-order valence-electron chi connectivity index (χ1n) is 8.20. The number of carbonyl (C=O) groups excluding carboxylic acids is 4. The molecule has 1 aromatic rings. The molecule has 2 rings (SSSR count). The number of imide groups is 1. The molecule has 1 saturated heterocycles. The second-order valence-corrected chi connectivity index (χ2v) is 6.16. The largest absolute Gasteiger partial charge is 0.497 e. The van der Waals surface area contributed by atoms with Crippen LogP contribution >= 0.6 is 0 Å². The molecule has 0 saturated carbocycles. The van der Waals surface area contributed by atoms with Crippen molar-refractivity contribution in [1.82, 2.24) is 10.6 Å². The highest BCUT2D eigenvalue weighted by Gasteiger charge is 2.29. The predicted molar refractivity (Wildman–Crippen MR) is 94.8 cm³/mol. The van der Waals surface area contributed by atoms with Gasteiger partial charge in [0.05, 0.1) is 18.5 Å². The quantitative estimate of drug-likeness (QED) is 0.543. The molecule has 1 atom stereocenters. The Kier molecular flexibility index (Phi) is 6.16. The van der Waals surface area contributed by atoms with Gasteiger partial charge in [0.1, 0.15) is 11.8 Å². The van der Waals surface area contributed by atoms with E-state index in [-0.39, 0.29) is 30.6 Å². The van der Waals surface area contributed by atoms with Crippen LogP contribution in [-0.2, 0) is 14.4 Å². The molecular weight excluding hydrogens is 340 g/mol. The summed E-state index contributed by atoms with van der Waals surface area (Å²) in [6.45, 7) is 3.52. The van der Waals surface area contributed by atoms with E-state index in [2.05, 4.69) is 21.3 Å². The Morgan fingerprint density at radius 2 is 1.92 bits per heavy atom. The van der Waals surface area contributed by atoms with Gasteiger partial charge in [-0.1, -0.05) is 13.8 Å². The van der Waals surface area contributed by atoms with Crippen LogP contribution < -0.4 is 26.0 Å². The summed E-state index contributed by atoms with van der Waals surface area (Å²) < 4.78 is 5.15. The molecule has 1 aliphatic rings. The number of anilines is 2. The van der Waals surface area contributed by atoms with Gasteiger partial charge < -0.3 is 20.7 Å². The van der Waals surface area contributed by atoms with Crippen LogP contribution in [0.5, 0.6) is 5.75 Å². The van der Waals surface area contributed by atoms with Crippen molar-refractivity contribution in [1.29, 1.82) is 0 Å². The van der Waals surface area contributed by atoms with Crippen LogP contribution in [0.3, 0.4) is 0 Å². The third kappa shape index (κ3) is 4.95. The summed E-state index contributed by atoms with van der Waals surface area (Å²) >= 11 is 0. The number of benzene rings is 1. The standard InChI is InChI=1S/C17H22N4O5/c1-9(2)15(23)19-13-8-10(26-3)4-5-11(13)18-14(22)7-6-12-16(24)21-17(25)20-12/h4-5,8-9,12H,6-7H2,1-3H3,(H,18,22)(H,19,23)(H2,20,21,24,25)/t12-/m1/s1. The summed E-state index contributed by atoms with van der Waals surface area (Å²) in [6, 6.07) is 3.61. The van der Waals surface area contributed by atoms with Gasteiger partial charge in [-0.3, -0.25) is 19.7 Å². The van der Waals surface area contributed by atoms with Gasteiger partial charge in [0.2, 0.25) is 11.8 Å². The number of ether oxygens (including phenoxy) is 1. The molecule has 1 aromatic carbocycles. The first kappa shape index (κ1) is 19.2. The van der Waals surface area contributed by atoms with Gasteiger partial charge in [0, 0.05) is 18.4 Å². The molecule has 5 amide bonds. The zero-order valence-electron chi connectivity index (χ0n) is 14.8. The van der Waals surface area contributed by atoms with Crippen molar-refractivity contribution in [2.24, 2.45) is 5.92 Å². The van der Waals surface area contributed by atoms with Crippen LogP contribution in [0.15, 0.2) is 18.2 Å². The lowest BCUT2D eigenvalue weighted by Gasteiger charge is -2.15. The minimum absolute atomic E-state index is 0.0297. The fraction of sp³-hybridized carbons (Fsp3) is 0.412. The minimum atomic E-state index is -0.718. The first-order chi connectivity index (χ1) is 12.3. The molecular formula is C17H22N4O5. The highest BCUT2D eigenvalue weighted by Crippen LogP contribution is 2.28. The summed E-state index contributed by atoms with van der Waals surface area (Å²) in [5.74, 6) is -0.679. The maximum Gasteiger partial charge on any atom is 0.322 e. The molecule has 0 unspecified atom stereocenters. The second kappa shape index (κ2) is 8.32. The van der Waals surface area contributed by atoms with Gasteiger partial charge >= 0.3 is 6.03 Å². The first-order valence-corrected chi connectivity index (χ1v) is 8.20. The average Bonchev–Trinajstić information content (AvgIpc) is 2.91. The van der Waals surface area contributed by atoms with Gasteiger partial charge in [-0.15, -0.1) is 0 Å². The molecule has 1 fully saturated rings. The number of nitrogens with one attached hydrogen (secondary N) is 4. The number of methoxy groups -OCH3 is 1. The summed E-state index contributed by atoms with van der Waals surface area (Å²) in [6.07, 6.45) is 0.204. The number of hydrogen-bond acceptors (Lipinski definition) is 5. The van der Waals surface area contributed by atoms with Crippen LogP contribution in [0.2, 0.25) is 0 Å². The molecule has 0 spiro atoms. The van der Waals surface area contributed by atoms with Gasteiger partial charge in [-0.25, -0.2) is 4.79 Å². The highest BCUT2D eigenvalue weighted by molar-refractivity contribution is 6.04. The van der Waals surface area contributed by atoms with Crippen molar-refractivity contribution in [2.75, 3.05) is 17.7 Å². The van der Waals surface area contributed by atoms with E-state index in [4.69, 9.17) is 4.74 Å². The lowest BCUT2D eigenvalue weighted by atomic mass is 10.1. The van der Waals surface area contributed by atoms with Gasteiger partial charge in [0.25, 0.3) is 5.91 Å². The van der Waals surface area contributed by atoms with E-state index in [1.165, 1.54) is 7.11 Å². The van der Waals surface area contributed by atoms with Crippen LogP contribution in [-0.4, -0.2) is 36.9 Å². The third-order valence-electron chi connectivity index (χ3n) is 3.80. The van der Waals surface area contributed by atoms with Crippen molar-refractivity contribution in [3.05, 3.63) is 18.2 Å². The van der Waals surface area contributed by atoms with Crippen molar-refractivity contribution in [3.63, 3.8) is 0 Å². The molecule has 1 aliphatic heterocycles. The van der Waals surface area contributed by atoms with E-state index in [0.29, 0.717) is 17.1 Å². The van der Waals surface area contributed by atoms with Gasteiger partial charge in [-0.05, 0) is 18.6 Å². The molecule has 9 heteroatoms. The lowest BCUT2D eigenvalue weighted by molar-refractivity contribution is -0.121. The summed E-state index contributed by atoms with van der Waals surface area (Å²) in [7, 11) is 1.50. The molecule has 0 bridgehead atoms. The topological polar surface area (TPSA) is 126 Å². The maximum absolute atomic E-state index is 12.2. The van der Waals surface area contributed by atoms with Crippen molar-refractivity contribution < 1.29 is 23.9 Å². The highest BCUT2D eigenvalue weighted by atomic mass is 16.5. The smallest absolute Gasteiger partial charge is 0.322 e. The SMILES string of the molecule is COc1ccc(NC(=O)CC[C@H]2NC(=O)NC2=O)c(NC(=O)C(C)C)c1. The normalized spacial score (nSPS) is 16.1. The fourth-order valence-electron chi connectivity index (χ4n) is 2.29. The van der Waals surface area contributed by atoms with E-state index >= 15 is 0 Å². The zero-order chi connectivity index (χ0) is 19.3. The number of hydrogen-bond donors (Lipinski definition) is 4. The second-order valence-electron chi connectivity index (χ2n) is 6.16. The number of carbonyl (C=O) groups is 4. The Hall–Kier alpha value is -3.10. The zero-order valence-corrected chi connectivity index (χ0v) is 14.8. The minimum Gasteiger partial charge on any atom is -0.497 e. The molecule has 26 heavy (non-hydrogen) atoms. The van der Waals surface area contributed by atoms with Gasteiger partial charge in [0.15, 0.2) is 0 Å². The Labute approximate surface area is 150 Å². The Bertz CT molecular complexity index is 732. The molecule has 9 nitrogen and oxygen atoms in total. The molecule has 0 aromatic heterocycles. The molecule has 0 aliphatic carbocycles. The van der Waals surface area contributed by atoms with Crippen molar-refractivity contribution in [3.8, 4) is 5.75 Å². The Balaban J connectivity index is 2.02. The molecule has 1 heterocycles. The van der Waals surface area contributed by atoms with Crippen LogP contribution in [0.4, 0.5) is 16.2 Å². The third-order valence-corrected chi connectivity index (χ3v) is 3.80. The molecule has 140 valence electrons. The predicted octanol–water partition coefficient (Wildman–Crippen LogP) is 1.22. The monoisotopic (exact) mass is 362 g/mol. The molecule has 0 radical (unpaired) electrons. The van der Waals surface area contributed by atoms with E-state index in [9.17, 15) is 19.2 Å². The van der Waals surface area contributed by atoms with E-state index in [1.54, 1.807) is 32.0 Å². The van der Waals surface area contributed by atoms with Gasteiger partial charge in [-0.2, -0.15) is 0 Å². The molecule has 4 N–H and O–H groups in total. The lowest BCUT2D eigenvalue weighted by Crippen LogP contribution is -2.30. The van der Waals surface area contributed by atoms with Crippen molar-refractivity contribution >= 4 is 35.1 Å². The summed E-state index contributed by atoms with van der Waals surface area (Å²) in [5, 5.41) is 9.99. The van der Waals surface area contributed by atoms with E-state index in [1.807, 2.05) is 0 Å². The maximum atomic E-state index is 12.2. The van der Waals surface area contributed by atoms with E-state index < -0.39 is 18.0 Å². The summed E-state index contributed by atoms with van der Waals surface area (Å²) in [4.78, 5) is 46.7. The van der Waals surface area contributed by atoms with Crippen LogP contribution in [0.1, 0.15) is 26.7 Å². The van der Waals surface area contributed by atoms with Crippen molar-refractivity contribution in [2.45, 2.75) is 32.7 Å². The summed E-state index contributed by atoms with van der Waals surface area (Å²) in [5.41, 5.74) is 0.841.